The Morgan fingerprint density at radius 1 is 1.47 bits per heavy atom. The second kappa shape index (κ2) is 6.53. The molecule has 0 aliphatic carbocycles. The molecule has 0 bridgehead atoms. The lowest BCUT2D eigenvalue weighted by molar-refractivity contribution is 0.200. The molecule has 1 amide bonds. The van der Waals surface area contributed by atoms with Crippen molar-refractivity contribution in [2.45, 2.75) is 19.8 Å². The van der Waals surface area contributed by atoms with Gasteiger partial charge in [0.05, 0.1) is 5.39 Å². The lowest BCUT2D eigenvalue weighted by Gasteiger charge is -2.04. The summed E-state index contributed by atoms with van der Waals surface area (Å²) in [5.74, 6) is 0.251. The van der Waals surface area contributed by atoms with Crippen molar-refractivity contribution >= 4 is 17.1 Å². The molecular formula is C13H16N4O2. The number of amides is 1. The van der Waals surface area contributed by atoms with Gasteiger partial charge in [0, 0.05) is 12.7 Å². The summed E-state index contributed by atoms with van der Waals surface area (Å²) in [6.45, 7) is 2.55. The number of H-pyrrole nitrogens is 1. The van der Waals surface area contributed by atoms with Crippen LogP contribution in [0.25, 0.3) is 11.0 Å². The van der Waals surface area contributed by atoms with Gasteiger partial charge in [0.1, 0.15) is 12.0 Å². The van der Waals surface area contributed by atoms with E-state index in [1.807, 2.05) is 12.2 Å². The number of aromatic nitrogens is 3. The zero-order valence-electron chi connectivity index (χ0n) is 10.7. The molecule has 100 valence electrons. The molecule has 0 aromatic carbocycles. The molecule has 0 saturated heterocycles. The molecule has 0 fully saturated rings. The van der Waals surface area contributed by atoms with Crippen LogP contribution in [0.2, 0.25) is 0 Å². The molecule has 2 aromatic rings. The average Bonchev–Trinajstić information content (AvgIpc) is 2.88. The highest BCUT2D eigenvalue weighted by Gasteiger charge is 2.09. The van der Waals surface area contributed by atoms with Crippen molar-refractivity contribution in [1.82, 2.24) is 20.3 Å². The van der Waals surface area contributed by atoms with Crippen molar-refractivity contribution in [3.05, 3.63) is 30.7 Å². The Labute approximate surface area is 110 Å². The summed E-state index contributed by atoms with van der Waals surface area (Å²) in [4.78, 5) is 22.5. The number of hydrogen-bond donors (Lipinski definition) is 2. The average molecular weight is 260 g/mol. The lowest BCUT2D eigenvalue weighted by atomic mass is 10.3. The summed E-state index contributed by atoms with van der Waals surface area (Å²) < 4.78 is 5.14. The van der Waals surface area contributed by atoms with Crippen LogP contribution in [-0.2, 0) is 0 Å². The zero-order chi connectivity index (χ0) is 13.5. The lowest BCUT2D eigenvalue weighted by Crippen LogP contribution is -2.27. The third-order valence-corrected chi connectivity index (χ3v) is 2.49. The summed E-state index contributed by atoms with van der Waals surface area (Å²) in [6, 6.07) is 1.76. The van der Waals surface area contributed by atoms with E-state index in [9.17, 15) is 4.79 Å². The molecule has 0 aliphatic heterocycles. The number of nitrogens with one attached hydrogen (secondary N) is 2. The van der Waals surface area contributed by atoms with Crippen molar-refractivity contribution in [3.8, 4) is 5.88 Å². The summed E-state index contributed by atoms with van der Waals surface area (Å²) in [5.41, 5.74) is 0.639. The van der Waals surface area contributed by atoms with E-state index in [4.69, 9.17) is 4.74 Å². The Morgan fingerprint density at radius 2 is 2.37 bits per heavy atom. The van der Waals surface area contributed by atoms with E-state index in [-0.39, 0.29) is 5.88 Å². The van der Waals surface area contributed by atoms with Crippen LogP contribution < -0.4 is 10.1 Å². The molecule has 0 aliphatic rings. The maximum Gasteiger partial charge on any atom is 0.414 e. The Bertz CT molecular complexity index is 577. The van der Waals surface area contributed by atoms with Crippen molar-refractivity contribution in [2.24, 2.45) is 0 Å². The highest BCUT2D eigenvalue weighted by molar-refractivity contribution is 5.83. The van der Waals surface area contributed by atoms with Crippen molar-refractivity contribution in [1.29, 1.82) is 0 Å². The summed E-state index contributed by atoms with van der Waals surface area (Å²) in [6.07, 6.45) is 8.56. The standard InChI is InChI=1S/C13H16N4O2/c1-2-3-4-5-7-15-13(18)19-12-10-6-8-14-11(10)16-9-17-12/h4-6,8-9H,2-3,7H2,1H3,(H,15,18)(H,14,16,17). The summed E-state index contributed by atoms with van der Waals surface area (Å²) >= 11 is 0. The van der Waals surface area contributed by atoms with Gasteiger partial charge in [-0.2, -0.15) is 0 Å². The minimum atomic E-state index is -0.526. The van der Waals surface area contributed by atoms with E-state index in [2.05, 4.69) is 27.2 Å². The van der Waals surface area contributed by atoms with Crippen molar-refractivity contribution in [3.63, 3.8) is 0 Å². The number of allylic oxidation sites excluding steroid dienone is 1. The number of rotatable bonds is 5. The maximum absolute atomic E-state index is 11.6. The molecule has 6 nitrogen and oxygen atoms in total. The van der Waals surface area contributed by atoms with Gasteiger partial charge in [0.15, 0.2) is 0 Å². The number of ether oxygens (including phenoxy) is 1. The van der Waals surface area contributed by atoms with Gasteiger partial charge in [-0.1, -0.05) is 25.5 Å². The second-order valence-electron chi connectivity index (χ2n) is 3.95. The van der Waals surface area contributed by atoms with E-state index in [0.717, 1.165) is 12.8 Å². The Balaban J connectivity index is 1.90. The van der Waals surface area contributed by atoms with Crippen LogP contribution in [0.4, 0.5) is 4.79 Å². The van der Waals surface area contributed by atoms with Gasteiger partial charge in [-0.3, -0.25) is 0 Å². The van der Waals surface area contributed by atoms with Gasteiger partial charge in [-0.25, -0.2) is 14.8 Å². The predicted molar refractivity (Wildman–Crippen MR) is 72.0 cm³/mol. The van der Waals surface area contributed by atoms with E-state index >= 15 is 0 Å². The highest BCUT2D eigenvalue weighted by Crippen LogP contribution is 2.19. The van der Waals surface area contributed by atoms with Crippen LogP contribution in [0.5, 0.6) is 5.88 Å². The molecule has 0 radical (unpaired) electrons. The van der Waals surface area contributed by atoms with Crippen molar-refractivity contribution in [2.75, 3.05) is 6.54 Å². The molecule has 0 saturated carbocycles. The van der Waals surface area contributed by atoms with E-state index in [0.29, 0.717) is 17.6 Å². The first-order chi connectivity index (χ1) is 9.31. The summed E-state index contributed by atoms with van der Waals surface area (Å²) in [7, 11) is 0. The van der Waals surface area contributed by atoms with Crippen LogP contribution >= 0.6 is 0 Å². The van der Waals surface area contributed by atoms with Crippen molar-refractivity contribution < 1.29 is 9.53 Å². The van der Waals surface area contributed by atoms with Crippen LogP contribution in [-0.4, -0.2) is 27.6 Å². The molecular weight excluding hydrogens is 244 g/mol. The number of unbranched alkanes of at least 4 members (excludes halogenated alkanes) is 1. The number of fused-ring (bicyclic) bond motifs is 1. The summed E-state index contributed by atoms with van der Waals surface area (Å²) in [5, 5.41) is 3.31. The van der Waals surface area contributed by atoms with E-state index in [1.165, 1.54) is 6.33 Å². The monoisotopic (exact) mass is 260 g/mol. The van der Waals surface area contributed by atoms with E-state index in [1.54, 1.807) is 12.3 Å². The first-order valence-corrected chi connectivity index (χ1v) is 6.20. The molecule has 19 heavy (non-hydrogen) atoms. The fraction of sp³-hybridized carbons (Fsp3) is 0.308. The second-order valence-corrected chi connectivity index (χ2v) is 3.95. The maximum atomic E-state index is 11.6. The fourth-order valence-corrected chi connectivity index (χ4v) is 1.56. The van der Waals surface area contributed by atoms with Gasteiger partial charge in [-0.15, -0.1) is 0 Å². The normalized spacial score (nSPS) is 11.0. The van der Waals surface area contributed by atoms with Crippen LogP contribution in [0.15, 0.2) is 30.7 Å². The fourth-order valence-electron chi connectivity index (χ4n) is 1.56. The number of carbonyl (C=O) groups excluding carboxylic acids is 1. The zero-order valence-corrected chi connectivity index (χ0v) is 10.7. The molecule has 0 atom stereocenters. The number of nitrogens with zero attached hydrogens (tertiary/aromatic N) is 2. The van der Waals surface area contributed by atoms with Gasteiger partial charge >= 0.3 is 6.09 Å². The van der Waals surface area contributed by atoms with Crippen LogP contribution in [0, 0.1) is 0 Å². The first-order valence-electron chi connectivity index (χ1n) is 6.20. The van der Waals surface area contributed by atoms with Crippen LogP contribution in [0.1, 0.15) is 19.8 Å². The molecule has 0 unspecified atom stereocenters. The molecule has 6 heteroatoms. The van der Waals surface area contributed by atoms with Gasteiger partial charge in [0.2, 0.25) is 5.88 Å². The number of hydrogen-bond acceptors (Lipinski definition) is 4. The predicted octanol–water partition coefficient (Wildman–Crippen LogP) is 2.40. The largest absolute Gasteiger partial charge is 0.414 e. The highest BCUT2D eigenvalue weighted by atomic mass is 16.6. The molecule has 2 N–H and O–H groups in total. The molecule has 2 rings (SSSR count). The third kappa shape index (κ3) is 3.54. The third-order valence-electron chi connectivity index (χ3n) is 2.49. The number of aromatic amines is 1. The Morgan fingerprint density at radius 3 is 3.21 bits per heavy atom. The smallest absolute Gasteiger partial charge is 0.390 e. The van der Waals surface area contributed by atoms with Gasteiger partial charge in [0.25, 0.3) is 0 Å². The molecule has 2 heterocycles. The molecule has 2 aromatic heterocycles. The minimum absolute atomic E-state index is 0.251. The number of carbonyl (C=O) groups is 1. The van der Waals surface area contributed by atoms with E-state index < -0.39 is 6.09 Å². The Kier molecular flexibility index (Phi) is 4.49. The van der Waals surface area contributed by atoms with Gasteiger partial charge in [-0.05, 0) is 12.5 Å². The van der Waals surface area contributed by atoms with Gasteiger partial charge < -0.3 is 15.0 Å². The molecule has 0 spiro atoms. The van der Waals surface area contributed by atoms with Crippen LogP contribution in [0.3, 0.4) is 0 Å². The SMILES string of the molecule is CCCC=CCNC(=O)Oc1ncnc2[nH]ccc12. The minimum Gasteiger partial charge on any atom is -0.390 e. The first kappa shape index (κ1) is 13.1. The quantitative estimate of drug-likeness (QED) is 0.809. The Hall–Kier alpha value is -2.37. The topological polar surface area (TPSA) is 79.9 Å².